The molecule has 28 heavy (non-hydrogen) atoms. The van der Waals surface area contributed by atoms with Crippen LogP contribution in [0.25, 0.3) is 0 Å². The molecule has 1 aliphatic heterocycles. The van der Waals surface area contributed by atoms with E-state index >= 15 is 0 Å². The van der Waals surface area contributed by atoms with E-state index in [0.29, 0.717) is 13.0 Å². The van der Waals surface area contributed by atoms with Crippen molar-refractivity contribution >= 4 is 16.2 Å². The summed E-state index contributed by atoms with van der Waals surface area (Å²) >= 11 is 0. The number of carbonyl (C=O) groups excluding carboxylic acids is 1. The van der Waals surface area contributed by atoms with Crippen LogP contribution in [0.2, 0.25) is 0 Å². The van der Waals surface area contributed by atoms with Crippen molar-refractivity contribution in [2.75, 3.05) is 13.1 Å². The highest BCUT2D eigenvalue weighted by Crippen LogP contribution is 2.21. The number of nitrogens with two attached hydrogens (primary N) is 1. The van der Waals surface area contributed by atoms with Gasteiger partial charge in [0.2, 0.25) is 0 Å². The Morgan fingerprint density at radius 3 is 2.50 bits per heavy atom. The van der Waals surface area contributed by atoms with Crippen LogP contribution in [-0.4, -0.2) is 44.6 Å². The zero-order valence-electron chi connectivity index (χ0n) is 15.7. The SMILES string of the molecule is Cc1ccc(S(=O)(=O)OC2CN(C(=O)OCc3ccccc3)CCC2N)cc1. The van der Waals surface area contributed by atoms with Crippen LogP contribution in [0, 0.1) is 6.92 Å². The number of piperidine rings is 1. The lowest BCUT2D eigenvalue weighted by atomic mass is 10.0. The summed E-state index contributed by atoms with van der Waals surface area (Å²) < 4.78 is 35.7. The molecular weight excluding hydrogens is 380 g/mol. The average molecular weight is 404 g/mol. The number of rotatable bonds is 5. The van der Waals surface area contributed by atoms with Crippen molar-refractivity contribution in [1.29, 1.82) is 0 Å². The Kier molecular flexibility index (Phi) is 6.33. The average Bonchev–Trinajstić information content (AvgIpc) is 2.69. The topological polar surface area (TPSA) is 98.9 Å². The van der Waals surface area contributed by atoms with Crippen LogP contribution in [0.3, 0.4) is 0 Å². The molecule has 1 amide bonds. The molecule has 0 aliphatic carbocycles. The first-order chi connectivity index (χ1) is 13.3. The maximum Gasteiger partial charge on any atom is 0.410 e. The maximum absolute atomic E-state index is 12.5. The maximum atomic E-state index is 12.5. The van der Waals surface area contributed by atoms with Gasteiger partial charge in [0, 0.05) is 12.6 Å². The van der Waals surface area contributed by atoms with Gasteiger partial charge in [-0.1, -0.05) is 48.0 Å². The first-order valence-electron chi connectivity index (χ1n) is 9.06. The number of ether oxygens (including phenoxy) is 1. The predicted molar refractivity (Wildman–Crippen MR) is 104 cm³/mol. The van der Waals surface area contributed by atoms with Gasteiger partial charge < -0.3 is 15.4 Å². The Morgan fingerprint density at radius 2 is 1.82 bits per heavy atom. The molecule has 3 rings (SSSR count). The Hall–Kier alpha value is -2.42. The van der Waals surface area contributed by atoms with Crippen LogP contribution in [-0.2, 0) is 25.6 Å². The predicted octanol–water partition coefficient (Wildman–Crippen LogP) is 2.44. The normalized spacial score (nSPS) is 20.0. The van der Waals surface area contributed by atoms with Crippen LogP contribution in [0.4, 0.5) is 4.79 Å². The standard InChI is InChI=1S/C20H24N2O5S/c1-15-7-9-17(10-8-15)28(24,25)27-19-13-22(12-11-18(19)21)20(23)26-14-16-5-3-2-4-6-16/h2-10,18-19H,11-14,21H2,1H3. The van der Waals surface area contributed by atoms with Crippen LogP contribution in [0.15, 0.2) is 59.5 Å². The van der Waals surface area contributed by atoms with Gasteiger partial charge in [0.25, 0.3) is 10.1 Å². The molecule has 0 saturated carbocycles. The lowest BCUT2D eigenvalue weighted by Crippen LogP contribution is -2.54. The first kappa shape index (κ1) is 20.3. The van der Waals surface area contributed by atoms with Crippen molar-refractivity contribution in [1.82, 2.24) is 4.90 Å². The number of carbonyl (C=O) groups is 1. The molecule has 2 aromatic rings. The monoisotopic (exact) mass is 404 g/mol. The van der Waals surface area contributed by atoms with Crippen LogP contribution >= 0.6 is 0 Å². The molecule has 0 bridgehead atoms. The summed E-state index contributed by atoms with van der Waals surface area (Å²) in [5.74, 6) is 0. The molecule has 7 nitrogen and oxygen atoms in total. The Labute approximate surface area is 165 Å². The molecule has 2 atom stereocenters. The molecule has 1 heterocycles. The Bertz CT molecular complexity index is 900. The third kappa shape index (κ3) is 5.09. The number of nitrogens with zero attached hydrogens (tertiary/aromatic N) is 1. The molecule has 0 radical (unpaired) electrons. The van der Waals surface area contributed by atoms with E-state index in [1.807, 2.05) is 37.3 Å². The number of hydrogen-bond donors (Lipinski definition) is 1. The fourth-order valence-electron chi connectivity index (χ4n) is 2.94. The number of benzene rings is 2. The molecule has 8 heteroatoms. The van der Waals surface area contributed by atoms with Crippen molar-refractivity contribution in [3.8, 4) is 0 Å². The summed E-state index contributed by atoms with van der Waals surface area (Å²) in [4.78, 5) is 13.9. The fraction of sp³-hybridized carbons (Fsp3) is 0.350. The minimum absolute atomic E-state index is 0.0554. The van der Waals surface area contributed by atoms with Gasteiger partial charge in [0.05, 0.1) is 11.4 Å². The van der Waals surface area contributed by atoms with Gasteiger partial charge in [-0.05, 0) is 31.0 Å². The highest BCUT2D eigenvalue weighted by molar-refractivity contribution is 7.86. The highest BCUT2D eigenvalue weighted by atomic mass is 32.2. The Balaban J connectivity index is 1.62. The smallest absolute Gasteiger partial charge is 0.410 e. The van der Waals surface area contributed by atoms with Gasteiger partial charge in [-0.3, -0.25) is 4.18 Å². The van der Waals surface area contributed by atoms with Gasteiger partial charge >= 0.3 is 6.09 Å². The van der Waals surface area contributed by atoms with Crippen molar-refractivity contribution in [3.05, 3.63) is 65.7 Å². The van der Waals surface area contributed by atoms with Crippen LogP contribution in [0.5, 0.6) is 0 Å². The number of amides is 1. The molecule has 1 aliphatic rings. The largest absolute Gasteiger partial charge is 0.445 e. The molecule has 1 fully saturated rings. The molecule has 0 spiro atoms. The summed E-state index contributed by atoms with van der Waals surface area (Å²) in [5, 5.41) is 0. The van der Waals surface area contributed by atoms with Crippen molar-refractivity contribution in [2.45, 2.75) is 37.0 Å². The van der Waals surface area contributed by atoms with Gasteiger partial charge in [-0.2, -0.15) is 8.42 Å². The van der Waals surface area contributed by atoms with E-state index in [-0.39, 0.29) is 18.0 Å². The third-order valence-electron chi connectivity index (χ3n) is 4.63. The van der Waals surface area contributed by atoms with Gasteiger partial charge in [-0.15, -0.1) is 0 Å². The van der Waals surface area contributed by atoms with E-state index in [1.165, 1.54) is 17.0 Å². The molecule has 2 N–H and O–H groups in total. The molecule has 2 unspecified atom stereocenters. The van der Waals surface area contributed by atoms with Crippen molar-refractivity contribution in [2.24, 2.45) is 5.73 Å². The second-order valence-corrected chi connectivity index (χ2v) is 8.41. The van der Waals surface area contributed by atoms with Gasteiger partial charge in [0.1, 0.15) is 12.7 Å². The van der Waals surface area contributed by atoms with E-state index < -0.39 is 28.4 Å². The van der Waals surface area contributed by atoms with Gasteiger partial charge in [-0.25, -0.2) is 4.79 Å². The highest BCUT2D eigenvalue weighted by Gasteiger charge is 2.34. The lowest BCUT2D eigenvalue weighted by Gasteiger charge is -2.35. The zero-order chi connectivity index (χ0) is 20.1. The summed E-state index contributed by atoms with van der Waals surface area (Å²) in [6.07, 6.45) is -0.921. The molecular formula is C20H24N2O5S. The lowest BCUT2D eigenvalue weighted by molar-refractivity contribution is 0.0487. The summed E-state index contributed by atoms with van der Waals surface area (Å²) in [7, 11) is -3.97. The van der Waals surface area contributed by atoms with Crippen LogP contribution < -0.4 is 5.73 Å². The summed E-state index contributed by atoms with van der Waals surface area (Å²) in [6.45, 7) is 2.46. The second kappa shape index (κ2) is 8.72. The van der Waals surface area contributed by atoms with Crippen molar-refractivity contribution in [3.63, 3.8) is 0 Å². The van der Waals surface area contributed by atoms with E-state index in [9.17, 15) is 13.2 Å². The van der Waals surface area contributed by atoms with E-state index in [0.717, 1.165) is 11.1 Å². The molecule has 0 aromatic heterocycles. The first-order valence-corrected chi connectivity index (χ1v) is 10.5. The second-order valence-electron chi connectivity index (χ2n) is 6.84. The van der Waals surface area contributed by atoms with E-state index in [4.69, 9.17) is 14.7 Å². The zero-order valence-corrected chi connectivity index (χ0v) is 16.5. The summed E-state index contributed by atoms with van der Waals surface area (Å²) in [5.41, 5.74) is 7.87. The quantitative estimate of drug-likeness (QED) is 0.769. The molecule has 2 aromatic carbocycles. The van der Waals surface area contributed by atoms with E-state index in [2.05, 4.69) is 0 Å². The van der Waals surface area contributed by atoms with Crippen molar-refractivity contribution < 1.29 is 22.1 Å². The number of likely N-dealkylation sites (tertiary alicyclic amines) is 1. The number of hydrogen-bond acceptors (Lipinski definition) is 6. The fourth-order valence-corrected chi connectivity index (χ4v) is 4.05. The van der Waals surface area contributed by atoms with Gasteiger partial charge in [0.15, 0.2) is 0 Å². The van der Waals surface area contributed by atoms with E-state index in [1.54, 1.807) is 12.1 Å². The minimum Gasteiger partial charge on any atom is -0.445 e. The minimum atomic E-state index is -3.97. The third-order valence-corrected chi connectivity index (χ3v) is 5.98. The van der Waals surface area contributed by atoms with Crippen LogP contribution in [0.1, 0.15) is 17.5 Å². The summed E-state index contributed by atoms with van der Waals surface area (Å²) in [6, 6.07) is 15.2. The molecule has 1 saturated heterocycles. The Morgan fingerprint density at radius 1 is 1.14 bits per heavy atom. The molecule has 150 valence electrons. The number of aryl methyl sites for hydroxylation is 1.